The molecule has 0 radical (unpaired) electrons. The summed E-state index contributed by atoms with van der Waals surface area (Å²) in [4.78, 5) is 37.8. The van der Waals surface area contributed by atoms with Crippen LogP contribution in [-0.4, -0.2) is 10.5 Å². The predicted molar refractivity (Wildman–Crippen MR) is 97.2 cm³/mol. The number of fused-ring (bicyclic) bond motifs is 2. The van der Waals surface area contributed by atoms with Crippen molar-refractivity contribution in [3.8, 4) is 5.75 Å². The minimum atomic E-state index is -0.672. The fraction of sp³-hybridized carbons (Fsp3) is 0.105. The van der Waals surface area contributed by atoms with Crippen LogP contribution in [0.2, 0.25) is 0 Å². The van der Waals surface area contributed by atoms with Crippen molar-refractivity contribution in [2.24, 2.45) is 0 Å². The molecule has 5 rings (SSSR count). The van der Waals surface area contributed by atoms with Gasteiger partial charge in [-0.2, -0.15) is 0 Å². The molecule has 26 heavy (non-hydrogen) atoms. The molecular formula is C19H11NO5S. The molecular weight excluding hydrogens is 354 g/mol. The Labute approximate surface area is 149 Å². The van der Waals surface area contributed by atoms with Crippen LogP contribution in [0.5, 0.6) is 5.75 Å². The lowest BCUT2D eigenvalue weighted by Crippen LogP contribution is -2.21. The van der Waals surface area contributed by atoms with Gasteiger partial charge < -0.3 is 13.7 Å². The molecule has 0 saturated heterocycles. The highest BCUT2D eigenvalue weighted by atomic mass is 32.1. The van der Waals surface area contributed by atoms with E-state index in [4.69, 9.17) is 9.15 Å². The van der Waals surface area contributed by atoms with Crippen LogP contribution in [0, 0.1) is 0 Å². The van der Waals surface area contributed by atoms with E-state index in [0.29, 0.717) is 16.8 Å². The number of nitrogens with zero attached hydrogens (tertiary/aromatic N) is 1. The molecule has 4 heterocycles. The summed E-state index contributed by atoms with van der Waals surface area (Å²) in [7, 11) is 0. The highest BCUT2D eigenvalue weighted by Crippen LogP contribution is 2.32. The van der Waals surface area contributed by atoms with Crippen LogP contribution in [0.1, 0.15) is 15.2 Å². The van der Waals surface area contributed by atoms with Crippen LogP contribution < -0.4 is 15.9 Å². The van der Waals surface area contributed by atoms with Crippen LogP contribution in [0.15, 0.2) is 55.8 Å². The molecule has 7 heteroatoms. The zero-order valence-electron chi connectivity index (χ0n) is 13.4. The van der Waals surface area contributed by atoms with Crippen molar-refractivity contribution in [3.63, 3.8) is 0 Å². The molecule has 6 nitrogen and oxygen atoms in total. The number of hydrogen-bond acceptors (Lipinski definition) is 6. The van der Waals surface area contributed by atoms with Gasteiger partial charge in [0.1, 0.15) is 10.3 Å². The van der Waals surface area contributed by atoms with Gasteiger partial charge in [-0.05, 0) is 29.5 Å². The monoisotopic (exact) mass is 365 g/mol. The third-order valence-electron chi connectivity index (χ3n) is 4.55. The first-order chi connectivity index (χ1) is 12.6. The second-order valence-corrected chi connectivity index (χ2v) is 6.97. The van der Waals surface area contributed by atoms with Crippen molar-refractivity contribution < 1.29 is 13.9 Å². The second kappa shape index (κ2) is 5.40. The van der Waals surface area contributed by atoms with Gasteiger partial charge in [-0.15, -0.1) is 11.3 Å². The summed E-state index contributed by atoms with van der Waals surface area (Å²) in [6.07, 6.45) is 0.734. The standard InChI is InChI=1S/C19H11NO5S/c21-14-9-12(24-19(23)13-5-2-8-26-13)15-17(25-14)11-4-1-3-10-6-7-20(16(10)11)18(15)22/h1-5,8-9H,6-7H2. The molecule has 0 atom stereocenters. The molecule has 0 N–H and O–H groups in total. The number of aryl methyl sites for hydroxylation is 2. The number of thiophene rings is 1. The van der Waals surface area contributed by atoms with Crippen LogP contribution in [0.3, 0.4) is 0 Å². The zero-order chi connectivity index (χ0) is 17.8. The van der Waals surface area contributed by atoms with E-state index in [1.807, 2.05) is 12.1 Å². The van der Waals surface area contributed by atoms with E-state index < -0.39 is 11.6 Å². The van der Waals surface area contributed by atoms with Gasteiger partial charge in [0.05, 0.1) is 11.6 Å². The quantitative estimate of drug-likeness (QED) is 0.403. The number of carbonyl (C=O) groups excluding carboxylic acids is 1. The number of ether oxygens (including phenoxy) is 1. The molecule has 1 aromatic carbocycles. The molecule has 0 saturated carbocycles. The average molecular weight is 365 g/mol. The Morgan fingerprint density at radius 3 is 2.88 bits per heavy atom. The van der Waals surface area contributed by atoms with E-state index in [0.717, 1.165) is 23.6 Å². The van der Waals surface area contributed by atoms with Gasteiger partial charge in [0, 0.05) is 11.9 Å². The minimum Gasteiger partial charge on any atom is -0.422 e. The molecule has 0 amide bonds. The summed E-state index contributed by atoms with van der Waals surface area (Å²) >= 11 is 1.22. The summed E-state index contributed by atoms with van der Waals surface area (Å²) in [5.41, 5.74) is 0.969. The van der Waals surface area contributed by atoms with Crippen molar-refractivity contribution >= 4 is 39.2 Å². The Balaban J connectivity index is 1.84. The van der Waals surface area contributed by atoms with Crippen LogP contribution in [0.25, 0.3) is 21.9 Å². The predicted octanol–water partition coefficient (Wildman–Crippen LogP) is 2.94. The summed E-state index contributed by atoms with van der Waals surface area (Å²) in [5.74, 6) is -0.677. The van der Waals surface area contributed by atoms with Gasteiger partial charge in [-0.3, -0.25) is 4.79 Å². The summed E-state index contributed by atoms with van der Waals surface area (Å²) in [6.45, 7) is 0.544. The molecule has 0 spiro atoms. The van der Waals surface area contributed by atoms with Gasteiger partial charge in [0.2, 0.25) is 0 Å². The second-order valence-electron chi connectivity index (χ2n) is 6.02. The third-order valence-corrected chi connectivity index (χ3v) is 5.40. The van der Waals surface area contributed by atoms with Crippen molar-refractivity contribution in [1.29, 1.82) is 0 Å². The van der Waals surface area contributed by atoms with Crippen molar-refractivity contribution in [2.75, 3.05) is 0 Å². The van der Waals surface area contributed by atoms with E-state index in [1.54, 1.807) is 28.1 Å². The third kappa shape index (κ3) is 2.07. The number of carbonyl (C=O) groups is 1. The highest BCUT2D eigenvalue weighted by molar-refractivity contribution is 7.12. The Morgan fingerprint density at radius 1 is 1.19 bits per heavy atom. The fourth-order valence-corrected chi connectivity index (χ4v) is 4.07. The van der Waals surface area contributed by atoms with E-state index in [-0.39, 0.29) is 22.3 Å². The number of para-hydroxylation sites is 1. The van der Waals surface area contributed by atoms with Crippen molar-refractivity contribution in [3.05, 3.63) is 73.0 Å². The highest BCUT2D eigenvalue weighted by Gasteiger charge is 2.24. The number of hydrogen-bond donors (Lipinski definition) is 0. The lowest BCUT2D eigenvalue weighted by atomic mass is 10.1. The molecule has 0 fully saturated rings. The lowest BCUT2D eigenvalue weighted by molar-refractivity contribution is 0.0741. The normalized spacial score (nSPS) is 12.8. The number of aromatic nitrogens is 1. The summed E-state index contributed by atoms with van der Waals surface area (Å²) < 4.78 is 12.4. The van der Waals surface area contributed by atoms with E-state index in [1.165, 1.54) is 11.3 Å². The van der Waals surface area contributed by atoms with Crippen LogP contribution in [0.4, 0.5) is 0 Å². The van der Waals surface area contributed by atoms with Gasteiger partial charge in [-0.1, -0.05) is 18.2 Å². The Hall–Kier alpha value is -3.19. The summed E-state index contributed by atoms with van der Waals surface area (Å²) in [5, 5.41) is 2.53. The molecule has 0 unspecified atom stereocenters. The molecule has 0 aliphatic carbocycles. The van der Waals surface area contributed by atoms with Gasteiger partial charge in [0.25, 0.3) is 5.56 Å². The topological polar surface area (TPSA) is 78.5 Å². The SMILES string of the molecule is O=C(Oc1cc(=O)oc2c1c(=O)n1c3c(cccc23)CC1)c1cccs1. The fourth-order valence-electron chi connectivity index (χ4n) is 3.47. The lowest BCUT2D eigenvalue weighted by Gasteiger charge is -2.10. The molecule has 1 aliphatic heterocycles. The first-order valence-corrected chi connectivity index (χ1v) is 8.89. The molecule has 0 bridgehead atoms. The number of benzene rings is 1. The molecule has 1 aliphatic rings. The first kappa shape index (κ1) is 15.1. The minimum absolute atomic E-state index is 0.0670. The maximum absolute atomic E-state index is 13.0. The van der Waals surface area contributed by atoms with Crippen molar-refractivity contribution in [2.45, 2.75) is 13.0 Å². The van der Waals surface area contributed by atoms with E-state index in [9.17, 15) is 14.4 Å². The van der Waals surface area contributed by atoms with Crippen LogP contribution in [-0.2, 0) is 13.0 Å². The number of rotatable bonds is 2. The number of esters is 1. The Morgan fingerprint density at radius 2 is 2.08 bits per heavy atom. The smallest absolute Gasteiger partial charge is 0.353 e. The maximum Gasteiger partial charge on any atom is 0.353 e. The Kier molecular flexibility index (Phi) is 3.14. The summed E-state index contributed by atoms with van der Waals surface area (Å²) in [6, 6.07) is 10.0. The molecule has 128 valence electrons. The maximum atomic E-state index is 13.0. The van der Waals surface area contributed by atoms with Crippen LogP contribution >= 0.6 is 11.3 Å². The first-order valence-electron chi connectivity index (χ1n) is 8.01. The molecule has 3 aromatic heterocycles. The van der Waals surface area contributed by atoms with Gasteiger partial charge >= 0.3 is 11.6 Å². The zero-order valence-corrected chi connectivity index (χ0v) is 14.2. The average Bonchev–Trinajstić information content (AvgIpc) is 3.29. The van der Waals surface area contributed by atoms with Gasteiger partial charge in [0.15, 0.2) is 11.3 Å². The van der Waals surface area contributed by atoms with Crippen molar-refractivity contribution in [1.82, 2.24) is 4.57 Å². The Bertz CT molecular complexity index is 1310. The van der Waals surface area contributed by atoms with E-state index in [2.05, 4.69) is 0 Å². The van der Waals surface area contributed by atoms with E-state index >= 15 is 0 Å². The number of pyridine rings is 1. The van der Waals surface area contributed by atoms with Gasteiger partial charge in [-0.25, -0.2) is 9.59 Å². The largest absolute Gasteiger partial charge is 0.422 e. The molecule has 4 aromatic rings.